The Morgan fingerprint density at radius 2 is 1.92 bits per heavy atom. The van der Waals surface area contributed by atoms with Gasteiger partial charge < -0.3 is 5.11 Å². The fourth-order valence-corrected chi connectivity index (χ4v) is 2.07. The van der Waals surface area contributed by atoms with Crippen molar-refractivity contribution >= 4 is 49.4 Å². The maximum Gasteiger partial charge on any atom is 0.307 e. The van der Waals surface area contributed by atoms with E-state index in [9.17, 15) is 4.79 Å². The zero-order valence-corrected chi connectivity index (χ0v) is 10.3. The Bertz CT molecular complexity index is 352. The standard InChI is InChI=1S/C8H5Br2ClO2/c9-5-1-2-6(10)8(11)4(5)3-7(12)13/h1-2H,3H2,(H,12,13). The van der Waals surface area contributed by atoms with Crippen LogP contribution in [0.25, 0.3) is 0 Å². The molecule has 0 aliphatic carbocycles. The summed E-state index contributed by atoms with van der Waals surface area (Å²) in [6.45, 7) is 0. The lowest BCUT2D eigenvalue weighted by molar-refractivity contribution is -0.136. The lowest BCUT2D eigenvalue weighted by Crippen LogP contribution is -2.01. The number of rotatable bonds is 2. The summed E-state index contributed by atoms with van der Waals surface area (Å²) in [7, 11) is 0. The van der Waals surface area contributed by atoms with E-state index < -0.39 is 5.97 Å². The van der Waals surface area contributed by atoms with Gasteiger partial charge in [0.05, 0.1) is 11.4 Å². The zero-order chi connectivity index (χ0) is 10.0. The van der Waals surface area contributed by atoms with Gasteiger partial charge in [0.15, 0.2) is 0 Å². The summed E-state index contributed by atoms with van der Waals surface area (Å²) in [5, 5.41) is 9.05. The molecule has 0 saturated heterocycles. The third kappa shape index (κ3) is 2.69. The van der Waals surface area contributed by atoms with Crippen LogP contribution in [0.1, 0.15) is 5.56 Å². The van der Waals surface area contributed by atoms with Crippen LogP contribution in [0, 0.1) is 0 Å². The molecule has 0 radical (unpaired) electrons. The molecule has 1 N–H and O–H groups in total. The second kappa shape index (κ2) is 4.44. The van der Waals surface area contributed by atoms with Crippen LogP contribution >= 0.6 is 43.5 Å². The van der Waals surface area contributed by atoms with Crippen LogP contribution in [0.5, 0.6) is 0 Å². The lowest BCUT2D eigenvalue weighted by atomic mass is 10.1. The molecule has 13 heavy (non-hydrogen) atoms. The van der Waals surface area contributed by atoms with Gasteiger partial charge in [-0.05, 0) is 33.6 Å². The molecule has 1 aromatic rings. The van der Waals surface area contributed by atoms with E-state index in [1.807, 2.05) is 0 Å². The average Bonchev–Trinajstić information content (AvgIpc) is 2.05. The van der Waals surface area contributed by atoms with Crippen LogP contribution in [0.15, 0.2) is 21.1 Å². The number of carboxylic acids is 1. The van der Waals surface area contributed by atoms with E-state index in [1.54, 1.807) is 12.1 Å². The first-order valence-corrected chi connectivity index (χ1v) is 5.33. The smallest absolute Gasteiger partial charge is 0.307 e. The van der Waals surface area contributed by atoms with Gasteiger partial charge in [-0.3, -0.25) is 4.79 Å². The molecule has 0 aliphatic heterocycles. The monoisotopic (exact) mass is 326 g/mol. The van der Waals surface area contributed by atoms with Crippen molar-refractivity contribution in [2.24, 2.45) is 0 Å². The van der Waals surface area contributed by atoms with Gasteiger partial charge in [-0.15, -0.1) is 0 Å². The first-order valence-electron chi connectivity index (χ1n) is 3.36. The van der Waals surface area contributed by atoms with Crippen molar-refractivity contribution in [2.45, 2.75) is 6.42 Å². The zero-order valence-electron chi connectivity index (χ0n) is 6.35. The van der Waals surface area contributed by atoms with E-state index >= 15 is 0 Å². The Hall–Kier alpha value is -0.0600. The molecule has 0 amide bonds. The molecule has 0 fully saturated rings. The first kappa shape index (κ1) is 11.0. The van der Waals surface area contributed by atoms with Crippen molar-refractivity contribution in [1.82, 2.24) is 0 Å². The van der Waals surface area contributed by atoms with Crippen LogP contribution < -0.4 is 0 Å². The second-order valence-electron chi connectivity index (χ2n) is 2.39. The SMILES string of the molecule is O=C(O)Cc1c(Br)ccc(Br)c1Cl. The van der Waals surface area contributed by atoms with E-state index in [4.69, 9.17) is 16.7 Å². The Morgan fingerprint density at radius 3 is 2.46 bits per heavy atom. The molecular formula is C8H5Br2ClO2. The largest absolute Gasteiger partial charge is 0.481 e. The van der Waals surface area contributed by atoms with Gasteiger partial charge >= 0.3 is 5.97 Å². The number of carboxylic acid groups (broad SMARTS) is 1. The van der Waals surface area contributed by atoms with Crippen LogP contribution in [-0.4, -0.2) is 11.1 Å². The molecule has 1 aromatic carbocycles. The predicted octanol–water partition coefficient (Wildman–Crippen LogP) is 3.49. The molecule has 2 nitrogen and oxygen atoms in total. The van der Waals surface area contributed by atoms with Crippen molar-refractivity contribution in [3.05, 3.63) is 31.7 Å². The fraction of sp³-hybridized carbons (Fsp3) is 0.125. The highest BCUT2D eigenvalue weighted by Crippen LogP contribution is 2.32. The number of aliphatic carboxylic acids is 1. The van der Waals surface area contributed by atoms with Crippen LogP contribution in [0.2, 0.25) is 5.02 Å². The molecule has 0 saturated carbocycles. The van der Waals surface area contributed by atoms with Gasteiger partial charge in [0.25, 0.3) is 0 Å². The Balaban J connectivity index is 3.17. The molecule has 1 rings (SSSR count). The van der Waals surface area contributed by atoms with Gasteiger partial charge in [-0.25, -0.2) is 0 Å². The number of carbonyl (C=O) groups is 1. The van der Waals surface area contributed by atoms with Crippen LogP contribution in [0.4, 0.5) is 0 Å². The molecule has 0 aromatic heterocycles. The van der Waals surface area contributed by atoms with Crippen LogP contribution in [0.3, 0.4) is 0 Å². The fourth-order valence-electron chi connectivity index (χ4n) is 0.882. The van der Waals surface area contributed by atoms with Gasteiger partial charge in [0.2, 0.25) is 0 Å². The van der Waals surface area contributed by atoms with Crippen molar-refractivity contribution < 1.29 is 9.90 Å². The Morgan fingerprint density at radius 1 is 1.38 bits per heavy atom. The molecule has 0 heterocycles. The first-order chi connectivity index (χ1) is 6.02. The quantitative estimate of drug-likeness (QED) is 0.844. The summed E-state index contributed by atoms with van der Waals surface area (Å²) in [4.78, 5) is 10.5. The maximum absolute atomic E-state index is 10.5. The highest BCUT2D eigenvalue weighted by Gasteiger charge is 2.11. The number of benzene rings is 1. The maximum atomic E-state index is 10.5. The summed E-state index contributed by atoms with van der Waals surface area (Å²) in [6.07, 6.45) is -0.0845. The van der Waals surface area contributed by atoms with Gasteiger partial charge in [-0.2, -0.15) is 0 Å². The van der Waals surface area contributed by atoms with E-state index in [0.717, 1.165) is 0 Å². The minimum atomic E-state index is -0.902. The van der Waals surface area contributed by atoms with Crippen molar-refractivity contribution in [3.8, 4) is 0 Å². The minimum absolute atomic E-state index is 0.0845. The lowest BCUT2D eigenvalue weighted by Gasteiger charge is -2.05. The molecule has 0 bridgehead atoms. The number of halogens is 3. The molecule has 0 aliphatic rings. The summed E-state index contributed by atoms with van der Waals surface area (Å²) in [6, 6.07) is 3.52. The number of hydrogen-bond donors (Lipinski definition) is 1. The number of hydrogen-bond acceptors (Lipinski definition) is 1. The highest BCUT2D eigenvalue weighted by molar-refractivity contribution is 9.11. The van der Waals surface area contributed by atoms with Gasteiger partial charge in [0, 0.05) is 8.95 Å². The summed E-state index contributed by atoms with van der Waals surface area (Å²) >= 11 is 12.4. The molecule has 5 heteroatoms. The predicted molar refractivity (Wildman–Crippen MR) is 58.2 cm³/mol. The molecule has 70 valence electrons. The summed E-state index contributed by atoms with van der Waals surface area (Å²) in [5.41, 5.74) is 0.587. The van der Waals surface area contributed by atoms with Crippen molar-refractivity contribution in [1.29, 1.82) is 0 Å². The van der Waals surface area contributed by atoms with E-state index in [1.165, 1.54) is 0 Å². The minimum Gasteiger partial charge on any atom is -0.481 e. The third-order valence-corrected chi connectivity index (χ3v) is 3.53. The van der Waals surface area contributed by atoms with Gasteiger partial charge in [-0.1, -0.05) is 27.5 Å². The Kier molecular flexibility index (Phi) is 3.76. The molecular weight excluding hydrogens is 323 g/mol. The van der Waals surface area contributed by atoms with Gasteiger partial charge in [0.1, 0.15) is 0 Å². The average molecular weight is 328 g/mol. The van der Waals surface area contributed by atoms with Crippen molar-refractivity contribution in [2.75, 3.05) is 0 Å². The van der Waals surface area contributed by atoms with Crippen LogP contribution in [-0.2, 0) is 11.2 Å². The molecule has 0 unspecified atom stereocenters. The highest BCUT2D eigenvalue weighted by atomic mass is 79.9. The van der Waals surface area contributed by atoms with E-state index in [0.29, 0.717) is 19.5 Å². The molecule has 0 spiro atoms. The topological polar surface area (TPSA) is 37.3 Å². The summed E-state index contributed by atoms with van der Waals surface area (Å²) in [5.74, 6) is -0.902. The normalized spacial score (nSPS) is 10.1. The second-order valence-corrected chi connectivity index (χ2v) is 4.48. The Labute approximate surface area is 97.2 Å². The van der Waals surface area contributed by atoms with E-state index in [2.05, 4.69) is 31.9 Å². The summed E-state index contributed by atoms with van der Waals surface area (Å²) < 4.78 is 1.41. The third-order valence-electron chi connectivity index (χ3n) is 1.47. The van der Waals surface area contributed by atoms with Crippen molar-refractivity contribution in [3.63, 3.8) is 0 Å². The molecule has 0 atom stereocenters. The van der Waals surface area contributed by atoms with E-state index in [-0.39, 0.29) is 6.42 Å².